The number of anilines is 1. The van der Waals surface area contributed by atoms with E-state index in [0.29, 0.717) is 18.2 Å². The van der Waals surface area contributed by atoms with Crippen molar-refractivity contribution in [1.82, 2.24) is 25.2 Å². The molecule has 0 saturated carbocycles. The molecule has 2 aliphatic heterocycles. The van der Waals surface area contributed by atoms with Gasteiger partial charge < -0.3 is 15.0 Å². The molecular weight excluding hydrogens is 376 g/mol. The molecule has 0 radical (unpaired) electrons. The molecular formula is C19H26N6O2S. The van der Waals surface area contributed by atoms with E-state index in [1.165, 1.54) is 11.3 Å². The van der Waals surface area contributed by atoms with Gasteiger partial charge in [0.15, 0.2) is 0 Å². The van der Waals surface area contributed by atoms with Crippen molar-refractivity contribution in [3.05, 3.63) is 34.5 Å². The second-order valence-corrected chi connectivity index (χ2v) is 8.04. The van der Waals surface area contributed by atoms with Crippen LogP contribution in [-0.4, -0.2) is 71.7 Å². The molecule has 9 heteroatoms. The number of nitrogens with one attached hydrogen (secondary N) is 1. The van der Waals surface area contributed by atoms with Crippen LogP contribution in [0.2, 0.25) is 0 Å². The van der Waals surface area contributed by atoms with Crippen molar-refractivity contribution in [3.63, 3.8) is 0 Å². The second-order valence-electron chi connectivity index (χ2n) is 7.32. The van der Waals surface area contributed by atoms with Gasteiger partial charge in [-0.3, -0.25) is 9.69 Å². The Bertz CT molecular complexity index is 748. The average molecular weight is 403 g/mol. The lowest BCUT2D eigenvalue weighted by atomic mass is 9.97. The number of carbonyl (C=O) groups is 1. The molecule has 1 amide bonds. The molecule has 8 nitrogen and oxygen atoms in total. The van der Waals surface area contributed by atoms with E-state index in [0.717, 1.165) is 70.3 Å². The molecule has 4 heterocycles. The van der Waals surface area contributed by atoms with Crippen molar-refractivity contribution in [1.29, 1.82) is 0 Å². The smallest absolute Gasteiger partial charge is 0.270 e. The van der Waals surface area contributed by atoms with E-state index >= 15 is 0 Å². The lowest BCUT2D eigenvalue weighted by molar-refractivity contribution is 0.0926. The Hall–Kier alpha value is -2.10. The summed E-state index contributed by atoms with van der Waals surface area (Å²) in [6.45, 7) is 6.75. The molecule has 0 bridgehead atoms. The van der Waals surface area contributed by atoms with E-state index in [4.69, 9.17) is 4.74 Å². The number of hydrogen-bond acceptors (Lipinski definition) is 8. The van der Waals surface area contributed by atoms with Crippen molar-refractivity contribution in [2.75, 3.05) is 50.8 Å². The number of hydrogen-bond donors (Lipinski definition) is 1. The molecule has 0 aromatic carbocycles. The number of rotatable bonds is 6. The Morgan fingerprint density at radius 2 is 2.04 bits per heavy atom. The third-order valence-electron chi connectivity index (χ3n) is 5.21. The number of likely N-dealkylation sites (tertiary alicyclic amines) is 1. The minimum atomic E-state index is -0.0783. The summed E-state index contributed by atoms with van der Waals surface area (Å²) in [5.41, 5.74) is 3.32. The number of aromatic nitrogens is 3. The van der Waals surface area contributed by atoms with Gasteiger partial charge in [-0.15, -0.1) is 11.3 Å². The summed E-state index contributed by atoms with van der Waals surface area (Å²) in [5.74, 6) is 1.17. The summed E-state index contributed by atoms with van der Waals surface area (Å²) >= 11 is 1.44. The van der Waals surface area contributed by atoms with E-state index in [2.05, 4.69) is 30.1 Å². The highest BCUT2D eigenvalue weighted by Gasteiger charge is 2.21. The second kappa shape index (κ2) is 9.40. The van der Waals surface area contributed by atoms with E-state index in [9.17, 15) is 4.79 Å². The Morgan fingerprint density at radius 1 is 1.21 bits per heavy atom. The van der Waals surface area contributed by atoms with Crippen LogP contribution in [0.5, 0.6) is 0 Å². The van der Waals surface area contributed by atoms with Gasteiger partial charge in [-0.1, -0.05) is 0 Å². The Balaban J connectivity index is 1.25. The van der Waals surface area contributed by atoms with Crippen molar-refractivity contribution < 1.29 is 9.53 Å². The minimum absolute atomic E-state index is 0.0783. The summed E-state index contributed by atoms with van der Waals surface area (Å²) in [5, 5.41) is 4.80. The van der Waals surface area contributed by atoms with Gasteiger partial charge in [0.05, 0.1) is 18.7 Å². The first kappa shape index (κ1) is 19.2. The minimum Gasteiger partial charge on any atom is -0.378 e. The van der Waals surface area contributed by atoms with Crippen LogP contribution in [-0.2, 0) is 11.3 Å². The summed E-state index contributed by atoms with van der Waals surface area (Å²) in [6, 6.07) is 0. The molecule has 2 saturated heterocycles. The summed E-state index contributed by atoms with van der Waals surface area (Å²) in [7, 11) is 0. The van der Waals surface area contributed by atoms with Crippen LogP contribution in [0.15, 0.2) is 23.3 Å². The average Bonchev–Trinajstić information content (AvgIpc) is 3.29. The number of amides is 1. The number of carbonyl (C=O) groups excluding carboxylic acids is 1. The molecule has 2 fully saturated rings. The normalized spacial score (nSPS) is 20.9. The molecule has 1 atom stereocenters. The van der Waals surface area contributed by atoms with Crippen LogP contribution >= 0.6 is 11.3 Å². The highest BCUT2D eigenvalue weighted by Crippen LogP contribution is 2.18. The molecule has 1 unspecified atom stereocenters. The van der Waals surface area contributed by atoms with Crippen LogP contribution < -0.4 is 10.2 Å². The molecule has 1 N–H and O–H groups in total. The lowest BCUT2D eigenvalue weighted by Gasteiger charge is -2.32. The maximum Gasteiger partial charge on any atom is 0.270 e. The van der Waals surface area contributed by atoms with Gasteiger partial charge in [0.2, 0.25) is 5.95 Å². The fourth-order valence-electron chi connectivity index (χ4n) is 3.73. The van der Waals surface area contributed by atoms with Crippen LogP contribution in [0, 0.1) is 5.92 Å². The van der Waals surface area contributed by atoms with E-state index < -0.39 is 0 Å². The van der Waals surface area contributed by atoms with Gasteiger partial charge in [0, 0.05) is 56.1 Å². The van der Waals surface area contributed by atoms with Crippen molar-refractivity contribution in [2.45, 2.75) is 19.4 Å². The van der Waals surface area contributed by atoms with E-state index in [1.54, 1.807) is 10.9 Å². The summed E-state index contributed by atoms with van der Waals surface area (Å²) < 4.78 is 5.38. The molecule has 28 heavy (non-hydrogen) atoms. The highest BCUT2D eigenvalue weighted by atomic mass is 32.1. The Morgan fingerprint density at radius 3 is 2.79 bits per heavy atom. The van der Waals surface area contributed by atoms with Gasteiger partial charge in [-0.25, -0.2) is 15.0 Å². The van der Waals surface area contributed by atoms with Gasteiger partial charge >= 0.3 is 0 Å². The first-order chi connectivity index (χ1) is 13.8. The summed E-state index contributed by atoms with van der Waals surface area (Å²) in [4.78, 5) is 29.8. The van der Waals surface area contributed by atoms with Crippen LogP contribution in [0.3, 0.4) is 0 Å². The van der Waals surface area contributed by atoms with Crippen molar-refractivity contribution in [2.24, 2.45) is 5.92 Å². The quantitative estimate of drug-likeness (QED) is 0.782. The van der Waals surface area contributed by atoms with Gasteiger partial charge in [-0.05, 0) is 25.3 Å². The zero-order valence-electron chi connectivity index (χ0n) is 15.9. The van der Waals surface area contributed by atoms with Crippen LogP contribution in [0.25, 0.3) is 0 Å². The molecule has 4 rings (SSSR count). The van der Waals surface area contributed by atoms with Crippen LogP contribution in [0.1, 0.15) is 28.9 Å². The Kier molecular flexibility index (Phi) is 6.45. The maximum atomic E-state index is 12.1. The standard InChI is InChI=1S/C19H26N6O2S/c26-18(17-13-28-14-23-17)20-8-15-2-1-3-24(11-15)12-16-9-21-19(22-10-16)25-4-6-27-7-5-25/h9-10,13-15H,1-8,11-12H2,(H,20,26). The zero-order valence-corrected chi connectivity index (χ0v) is 16.7. The Labute approximate surface area is 169 Å². The fraction of sp³-hybridized carbons (Fsp3) is 0.579. The van der Waals surface area contributed by atoms with Gasteiger partial charge in [0.25, 0.3) is 5.91 Å². The summed E-state index contributed by atoms with van der Waals surface area (Å²) in [6.07, 6.45) is 6.15. The highest BCUT2D eigenvalue weighted by molar-refractivity contribution is 7.07. The van der Waals surface area contributed by atoms with Crippen molar-refractivity contribution in [3.8, 4) is 0 Å². The predicted octanol–water partition coefficient (Wildman–Crippen LogP) is 1.41. The third-order valence-corrected chi connectivity index (χ3v) is 5.80. The molecule has 150 valence electrons. The largest absolute Gasteiger partial charge is 0.378 e. The monoisotopic (exact) mass is 402 g/mol. The molecule has 0 spiro atoms. The fourth-order valence-corrected chi connectivity index (χ4v) is 4.26. The van der Waals surface area contributed by atoms with Gasteiger partial charge in [-0.2, -0.15) is 0 Å². The first-order valence-corrected chi connectivity index (χ1v) is 10.7. The molecule has 2 aromatic heterocycles. The van der Waals surface area contributed by atoms with Gasteiger partial charge in [0.1, 0.15) is 5.69 Å². The SMILES string of the molecule is O=C(NCC1CCCN(Cc2cnc(N3CCOCC3)nc2)C1)c1cscn1. The van der Waals surface area contributed by atoms with E-state index in [-0.39, 0.29) is 5.91 Å². The lowest BCUT2D eigenvalue weighted by Crippen LogP contribution is -2.40. The number of ether oxygens (including phenoxy) is 1. The maximum absolute atomic E-state index is 12.1. The van der Waals surface area contributed by atoms with Crippen LogP contribution in [0.4, 0.5) is 5.95 Å². The molecule has 2 aliphatic rings. The molecule has 2 aromatic rings. The van der Waals surface area contributed by atoms with E-state index in [1.807, 2.05) is 12.4 Å². The number of nitrogens with zero attached hydrogens (tertiary/aromatic N) is 5. The first-order valence-electron chi connectivity index (χ1n) is 9.80. The number of morpholine rings is 1. The molecule has 0 aliphatic carbocycles. The van der Waals surface area contributed by atoms with Crippen molar-refractivity contribution >= 4 is 23.2 Å². The third kappa shape index (κ3) is 5.03. The number of piperidine rings is 1. The predicted molar refractivity (Wildman–Crippen MR) is 108 cm³/mol. The number of thiazole rings is 1. The topological polar surface area (TPSA) is 83.5 Å². The zero-order chi connectivity index (χ0) is 19.2.